The van der Waals surface area contributed by atoms with E-state index in [0.717, 1.165) is 112 Å². The van der Waals surface area contributed by atoms with Crippen molar-refractivity contribution in [3.63, 3.8) is 0 Å². The minimum Gasteiger partial charge on any atom is -0.455 e. The normalized spacial score (nSPS) is 13.1. The molecule has 6 nitrogen and oxygen atoms in total. The average Bonchev–Trinajstić information content (AvgIpc) is 4.00. The van der Waals surface area contributed by atoms with Gasteiger partial charge in [0.2, 0.25) is 0 Å². The molecule has 0 N–H and O–H groups in total. The zero-order chi connectivity index (χ0) is 43.5. The molecule has 0 radical (unpaired) electrons. The highest BCUT2D eigenvalue weighted by molar-refractivity contribution is 6.12. The fourth-order valence-corrected chi connectivity index (χ4v) is 11.2. The molecule has 12 aromatic rings. The molecule has 14 rings (SSSR count). The van der Waals surface area contributed by atoms with Gasteiger partial charge >= 0.3 is 0 Å². The van der Waals surface area contributed by atoms with Crippen molar-refractivity contribution in [2.45, 2.75) is 5.41 Å². The Morgan fingerprint density at radius 3 is 1.44 bits per heavy atom. The standard InChI is InChI=1S/C60H35N5O/c1-61-39-28-31-55-47(36-39)46-35-38(27-30-54(46)65(55)41-16-6-3-7-17-41)43-20-11-22-51-59(43)66-58-42(19-10-21-50(58)60(51)48-23-12-32-62-56(48)57-49(60)24-13-33-63-57)37-26-29-53-45(34-37)44-18-8-9-25-52(44)64(53)40-14-4-2-5-15-40/h2-36H. The summed E-state index contributed by atoms with van der Waals surface area (Å²) in [6.07, 6.45) is 3.73. The molecule has 4 aromatic heterocycles. The second-order valence-corrected chi connectivity index (χ2v) is 17.2. The van der Waals surface area contributed by atoms with Crippen molar-refractivity contribution < 1.29 is 4.74 Å². The summed E-state index contributed by atoms with van der Waals surface area (Å²) in [4.78, 5) is 13.9. The summed E-state index contributed by atoms with van der Waals surface area (Å²) in [5.41, 5.74) is 16.5. The molecule has 5 heterocycles. The average molecular weight is 842 g/mol. The predicted molar refractivity (Wildman–Crippen MR) is 265 cm³/mol. The van der Waals surface area contributed by atoms with Crippen LogP contribution in [0.4, 0.5) is 5.69 Å². The van der Waals surface area contributed by atoms with E-state index in [-0.39, 0.29) is 0 Å². The van der Waals surface area contributed by atoms with Crippen LogP contribution in [0.25, 0.3) is 93.5 Å². The molecule has 0 fully saturated rings. The van der Waals surface area contributed by atoms with Gasteiger partial charge in [-0.25, -0.2) is 4.85 Å². The highest BCUT2D eigenvalue weighted by atomic mass is 16.5. The third-order valence-corrected chi connectivity index (χ3v) is 13.9. The van der Waals surface area contributed by atoms with Crippen LogP contribution in [0.5, 0.6) is 11.5 Å². The van der Waals surface area contributed by atoms with E-state index < -0.39 is 5.41 Å². The summed E-state index contributed by atoms with van der Waals surface area (Å²) >= 11 is 0. The molecule has 66 heavy (non-hydrogen) atoms. The lowest BCUT2D eigenvalue weighted by Gasteiger charge is -2.40. The second-order valence-electron chi connectivity index (χ2n) is 17.2. The first-order chi connectivity index (χ1) is 32.7. The minimum atomic E-state index is -0.784. The first kappa shape index (κ1) is 36.4. The highest BCUT2D eigenvalue weighted by Crippen LogP contribution is 2.64. The van der Waals surface area contributed by atoms with Crippen molar-refractivity contribution in [2.75, 3.05) is 0 Å². The van der Waals surface area contributed by atoms with Gasteiger partial charge in [-0.1, -0.05) is 121 Å². The van der Waals surface area contributed by atoms with E-state index in [4.69, 9.17) is 21.3 Å². The molecule has 306 valence electrons. The van der Waals surface area contributed by atoms with E-state index in [1.54, 1.807) is 0 Å². The van der Waals surface area contributed by atoms with E-state index in [1.807, 2.05) is 42.7 Å². The molecule has 0 saturated carbocycles. The van der Waals surface area contributed by atoms with Crippen LogP contribution >= 0.6 is 0 Å². The summed E-state index contributed by atoms with van der Waals surface area (Å²) < 4.78 is 12.2. The number of benzene rings is 8. The van der Waals surface area contributed by atoms with Gasteiger partial charge in [0.05, 0.1) is 45.4 Å². The third-order valence-electron chi connectivity index (χ3n) is 13.9. The van der Waals surface area contributed by atoms with Crippen LogP contribution in [0, 0.1) is 6.57 Å². The van der Waals surface area contributed by atoms with Gasteiger partial charge in [0.15, 0.2) is 5.69 Å². The number of ether oxygens (including phenoxy) is 1. The van der Waals surface area contributed by atoms with Gasteiger partial charge in [-0.2, -0.15) is 0 Å². The van der Waals surface area contributed by atoms with Crippen LogP contribution < -0.4 is 4.74 Å². The van der Waals surface area contributed by atoms with Gasteiger partial charge < -0.3 is 13.9 Å². The number of hydrogen-bond donors (Lipinski definition) is 0. The number of nitrogens with zero attached hydrogens (tertiary/aromatic N) is 5. The molecule has 0 unspecified atom stereocenters. The maximum atomic E-state index is 7.90. The van der Waals surface area contributed by atoms with Gasteiger partial charge in [-0.05, 0) is 107 Å². The molecular weight excluding hydrogens is 807 g/mol. The first-order valence-electron chi connectivity index (χ1n) is 22.2. The van der Waals surface area contributed by atoms with Crippen LogP contribution in [0.1, 0.15) is 22.3 Å². The lowest BCUT2D eigenvalue weighted by molar-refractivity contribution is 0.439. The van der Waals surface area contributed by atoms with Gasteiger partial charge in [0.1, 0.15) is 11.5 Å². The third kappa shape index (κ3) is 4.88. The Labute approximate surface area is 379 Å². The van der Waals surface area contributed by atoms with Gasteiger partial charge in [0, 0.05) is 62.2 Å². The number of para-hydroxylation sites is 5. The van der Waals surface area contributed by atoms with Crippen molar-refractivity contribution in [2.24, 2.45) is 0 Å². The Morgan fingerprint density at radius 2 is 0.879 bits per heavy atom. The zero-order valence-corrected chi connectivity index (χ0v) is 35.4. The molecule has 1 aliphatic heterocycles. The van der Waals surface area contributed by atoms with Gasteiger partial charge in [0.25, 0.3) is 0 Å². The fraction of sp³-hybridized carbons (Fsp3) is 0.0167. The molecule has 1 spiro atoms. The topological polar surface area (TPSA) is 49.2 Å². The molecule has 2 aliphatic rings. The van der Waals surface area contributed by atoms with Crippen LogP contribution in [0.2, 0.25) is 0 Å². The smallest absolute Gasteiger partial charge is 0.188 e. The lowest BCUT2D eigenvalue weighted by atomic mass is 9.65. The van der Waals surface area contributed by atoms with E-state index in [9.17, 15) is 0 Å². The summed E-state index contributed by atoms with van der Waals surface area (Å²) in [5, 5.41) is 4.45. The Balaban J connectivity index is 1.04. The fourth-order valence-electron chi connectivity index (χ4n) is 11.2. The molecule has 0 atom stereocenters. The van der Waals surface area contributed by atoms with Crippen molar-refractivity contribution in [1.82, 2.24) is 19.1 Å². The monoisotopic (exact) mass is 841 g/mol. The molecule has 6 heteroatoms. The Kier molecular flexibility index (Phi) is 7.58. The Morgan fingerprint density at radius 1 is 0.409 bits per heavy atom. The van der Waals surface area contributed by atoms with Gasteiger partial charge in [-0.3, -0.25) is 9.97 Å². The molecule has 8 aromatic carbocycles. The lowest BCUT2D eigenvalue weighted by Crippen LogP contribution is -2.32. The number of fused-ring (bicyclic) bond motifs is 15. The predicted octanol–water partition coefficient (Wildman–Crippen LogP) is 15.0. The number of hydrogen-bond acceptors (Lipinski definition) is 3. The number of aromatic nitrogens is 4. The summed E-state index contributed by atoms with van der Waals surface area (Å²) in [6.45, 7) is 7.90. The minimum absolute atomic E-state index is 0.607. The molecule has 0 bridgehead atoms. The van der Waals surface area contributed by atoms with E-state index in [0.29, 0.717) is 5.69 Å². The molecule has 0 amide bonds. The van der Waals surface area contributed by atoms with Crippen molar-refractivity contribution >= 4 is 49.3 Å². The second kappa shape index (κ2) is 13.7. The van der Waals surface area contributed by atoms with E-state index >= 15 is 0 Å². The zero-order valence-electron chi connectivity index (χ0n) is 35.4. The number of pyridine rings is 2. The van der Waals surface area contributed by atoms with Crippen LogP contribution in [0.3, 0.4) is 0 Å². The van der Waals surface area contributed by atoms with Crippen molar-refractivity contribution in [3.05, 3.63) is 246 Å². The molecule has 1 aliphatic carbocycles. The highest BCUT2D eigenvalue weighted by Gasteiger charge is 2.53. The van der Waals surface area contributed by atoms with Crippen LogP contribution in [-0.2, 0) is 5.41 Å². The van der Waals surface area contributed by atoms with Crippen LogP contribution in [-0.4, -0.2) is 19.1 Å². The summed E-state index contributed by atoms with van der Waals surface area (Å²) in [5.74, 6) is 1.59. The summed E-state index contributed by atoms with van der Waals surface area (Å²) in [7, 11) is 0. The first-order valence-corrected chi connectivity index (χ1v) is 22.2. The van der Waals surface area contributed by atoms with Crippen molar-refractivity contribution in [3.8, 4) is 56.5 Å². The molecule has 0 saturated heterocycles. The largest absolute Gasteiger partial charge is 0.455 e. The number of rotatable bonds is 4. The van der Waals surface area contributed by atoms with Crippen molar-refractivity contribution in [1.29, 1.82) is 0 Å². The molecular formula is C60H35N5O. The van der Waals surface area contributed by atoms with Gasteiger partial charge in [-0.15, -0.1) is 0 Å². The maximum Gasteiger partial charge on any atom is 0.188 e. The Hall–Kier alpha value is -9.05. The maximum absolute atomic E-state index is 7.90. The van der Waals surface area contributed by atoms with E-state index in [2.05, 4.69) is 184 Å². The SMILES string of the molecule is [C-]#[N+]c1ccc2c(c1)c1cc(-c3cccc4c3Oc3c(-c5ccc6c(c5)c5ccccc5n6-c5ccccc5)cccc3C43c4cccnc4-c4ncccc43)ccc1n2-c1ccccc1. The quantitative estimate of drug-likeness (QED) is 0.166. The van der Waals surface area contributed by atoms with E-state index in [1.165, 1.54) is 10.8 Å². The van der Waals surface area contributed by atoms with Crippen LogP contribution in [0.15, 0.2) is 213 Å². The Bertz CT molecular complexity index is 4000. The summed E-state index contributed by atoms with van der Waals surface area (Å²) in [6, 6.07) is 70.8.